The molecule has 1 N–H and O–H groups in total. The molecule has 4 rings (SSSR count). The highest BCUT2D eigenvalue weighted by molar-refractivity contribution is 8.01. The fraction of sp³-hybridized carbons (Fsp3) is 0.290. The number of pyridine rings is 1. The number of sulfonamides is 1. The van der Waals surface area contributed by atoms with E-state index in [0.29, 0.717) is 42.4 Å². The standard InChI is InChI=1S/C31H31F3N4O3S/c1-5-21-9-8-14-35-30(21)28(7-3)42(40,41)36-24-12-10-22(11-13-24)31(39)38-16-15-37(19-25(38)6-2)20(4)23-17-26(32)29(34)27(33)18-23/h3,5,8-14,17-18,20,25,36H,6,15-16,19H2,1-2,4H3/b21-5-,30-28-/t20-,25-/m0/s1. The number of halogens is 3. The van der Waals surface area contributed by atoms with Crippen molar-refractivity contribution in [1.82, 2.24) is 14.8 Å². The first-order chi connectivity index (χ1) is 20.0. The Morgan fingerprint density at radius 3 is 2.43 bits per heavy atom. The third-order valence-electron chi connectivity index (χ3n) is 7.43. The summed E-state index contributed by atoms with van der Waals surface area (Å²) in [5.41, 5.74) is 0.910. The molecule has 3 aromatic rings. The van der Waals surface area contributed by atoms with Gasteiger partial charge < -0.3 is 4.90 Å². The molecule has 0 bridgehead atoms. The van der Waals surface area contributed by atoms with Gasteiger partial charge >= 0.3 is 0 Å². The molecule has 1 aliphatic heterocycles. The Labute approximate surface area is 243 Å². The zero-order valence-corrected chi connectivity index (χ0v) is 24.3. The van der Waals surface area contributed by atoms with Gasteiger partial charge in [-0.05, 0) is 73.5 Å². The Balaban J connectivity index is 1.49. The predicted molar refractivity (Wildman–Crippen MR) is 156 cm³/mol. The average Bonchev–Trinajstić information content (AvgIpc) is 2.99. The van der Waals surface area contributed by atoms with Gasteiger partial charge in [-0.3, -0.25) is 19.4 Å². The Hall–Kier alpha value is -4.14. The molecule has 0 radical (unpaired) electrons. The first-order valence-corrected chi connectivity index (χ1v) is 14.9. The molecule has 0 unspecified atom stereocenters. The predicted octanol–water partition coefficient (Wildman–Crippen LogP) is 3.78. The minimum absolute atomic E-state index is 0.163. The minimum Gasteiger partial charge on any atom is -0.333 e. The Morgan fingerprint density at radius 1 is 1.17 bits per heavy atom. The monoisotopic (exact) mass is 596 g/mol. The molecule has 1 aromatic heterocycles. The van der Waals surface area contributed by atoms with E-state index in [-0.39, 0.29) is 27.9 Å². The second kappa shape index (κ2) is 12.8. The van der Waals surface area contributed by atoms with Crippen LogP contribution in [0.4, 0.5) is 18.9 Å². The van der Waals surface area contributed by atoms with Crippen LogP contribution in [-0.4, -0.2) is 54.8 Å². The normalized spacial score (nSPS) is 17.9. The maximum Gasteiger partial charge on any atom is 0.272 e. The van der Waals surface area contributed by atoms with Crippen LogP contribution in [0.15, 0.2) is 54.7 Å². The molecule has 42 heavy (non-hydrogen) atoms. The fourth-order valence-electron chi connectivity index (χ4n) is 5.04. The number of rotatable bonds is 7. The van der Waals surface area contributed by atoms with Crippen LogP contribution in [0, 0.1) is 29.8 Å². The van der Waals surface area contributed by atoms with Crippen LogP contribution in [0.1, 0.15) is 49.2 Å². The molecule has 1 amide bonds. The lowest BCUT2D eigenvalue weighted by atomic mass is 10.0. The third kappa shape index (κ3) is 6.35. The third-order valence-corrected chi connectivity index (χ3v) is 8.78. The van der Waals surface area contributed by atoms with Gasteiger partial charge in [0.1, 0.15) is 0 Å². The molecule has 1 aliphatic rings. The van der Waals surface area contributed by atoms with E-state index in [1.54, 1.807) is 37.0 Å². The van der Waals surface area contributed by atoms with Gasteiger partial charge in [-0.2, -0.15) is 0 Å². The Kier molecular flexibility index (Phi) is 9.39. The van der Waals surface area contributed by atoms with Crippen LogP contribution >= 0.6 is 0 Å². The maximum atomic E-state index is 13.8. The van der Waals surface area contributed by atoms with Gasteiger partial charge in [0.2, 0.25) is 0 Å². The van der Waals surface area contributed by atoms with Gasteiger partial charge in [0, 0.05) is 49.2 Å². The maximum absolute atomic E-state index is 13.8. The number of carbonyl (C=O) groups excluding carboxylic acids is 1. The van der Waals surface area contributed by atoms with Gasteiger partial charge in [0.05, 0.1) is 5.35 Å². The number of carbonyl (C=O) groups is 1. The number of hydrogen-bond donors (Lipinski definition) is 1. The van der Waals surface area contributed by atoms with Gasteiger partial charge in [0.15, 0.2) is 22.4 Å². The molecular formula is C31H31F3N4O3S. The number of nitrogens with zero attached hydrogens (tertiary/aromatic N) is 3. The second-order valence-corrected chi connectivity index (χ2v) is 11.5. The molecule has 1 saturated heterocycles. The lowest BCUT2D eigenvalue weighted by Gasteiger charge is -2.43. The van der Waals surface area contributed by atoms with Gasteiger partial charge in [-0.1, -0.05) is 25.0 Å². The molecule has 2 heterocycles. The number of anilines is 1. The summed E-state index contributed by atoms with van der Waals surface area (Å²) < 4.78 is 69.7. The molecule has 11 heteroatoms. The molecule has 2 aromatic carbocycles. The summed E-state index contributed by atoms with van der Waals surface area (Å²) in [6, 6.07) is 10.9. The van der Waals surface area contributed by atoms with Gasteiger partial charge in [0.25, 0.3) is 15.9 Å². The minimum atomic E-state index is -4.14. The number of nitrogens with one attached hydrogen (secondary N) is 1. The summed E-state index contributed by atoms with van der Waals surface area (Å²) >= 11 is 0. The topological polar surface area (TPSA) is 82.6 Å². The first kappa shape index (κ1) is 30.8. The molecule has 0 saturated carbocycles. The number of piperazine rings is 1. The van der Waals surface area contributed by atoms with E-state index >= 15 is 0 Å². The zero-order valence-electron chi connectivity index (χ0n) is 23.4. The first-order valence-electron chi connectivity index (χ1n) is 13.4. The van der Waals surface area contributed by atoms with E-state index in [1.165, 1.54) is 30.5 Å². The van der Waals surface area contributed by atoms with Crippen molar-refractivity contribution >= 4 is 32.6 Å². The van der Waals surface area contributed by atoms with Crippen LogP contribution in [0.25, 0.3) is 11.0 Å². The van der Waals surface area contributed by atoms with E-state index in [0.717, 1.165) is 12.1 Å². The molecule has 1 fully saturated rings. The van der Waals surface area contributed by atoms with Gasteiger partial charge in [-0.25, -0.2) is 21.6 Å². The SMILES string of the molecule is C#C/C(=c1/nccc/c1=C/C)S(=O)(=O)Nc1ccc(C(=O)N2CCN([C@@H](C)c3cc(F)c(F)c(F)c3)C[C@@H]2CC)cc1. The van der Waals surface area contributed by atoms with E-state index < -0.39 is 33.5 Å². The highest BCUT2D eigenvalue weighted by Crippen LogP contribution is 2.28. The van der Waals surface area contributed by atoms with Crippen LogP contribution in [0.3, 0.4) is 0 Å². The number of hydrogen-bond acceptors (Lipinski definition) is 5. The molecule has 0 aliphatic carbocycles. The average molecular weight is 597 g/mol. The van der Waals surface area contributed by atoms with Crippen molar-refractivity contribution in [3.63, 3.8) is 0 Å². The fourth-order valence-corrected chi connectivity index (χ4v) is 6.17. The largest absolute Gasteiger partial charge is 0.333 e. The molecule has 0 spiro atoms. The van der Waals surface area contributed by atoms with E-state index in [9.17, 15) is 26.4 Å². The van der Waals surface area contributed by atoms with Crippen molar-refractivity contribution in [2.24, 2.45) is 0 Å². The lowest BCUT2D eigenvalue weighted by molar-refractivity contribution is 0.0355. The van der Waals surface area contributed by atoms with Crippen LogP contribution in [-0.2, 0) is 10.0 Å². The van der Waals surface area contributed by atoms with Crippen LogP contribution < -0.4 is 15.3 Å². The summed E-state index contributed by atoms with van der Waals surface area (Å²) in [6.07, 6.45) is 9.36. The molecule has 2 atom stereocenters. The van der Waals surface area contributed by atoms with Crippen LogP contribution in [0.2, 0.25) is 0 Å². The van der Waals surface area contributed by atoms with Crippen molar-refractivity contribution in [1.29, 1.82) is 0 Å². The molecule has 7 nitrogen and oxygen atoms in total. The van der Waals surface area contributed by atoms with Crippen molar-refractivity contribution in [3.8, 4) is 12.3 Å². The summed E-state index contributed by atoms with van der Waals surface area (Å²) in [4.78, 5) is 21.0. The number of amides is 1. The van der Waals surface area contributed by atoms with Crippen molar-refractivity contribution < 1.29 is 26.4 Å². The smallest absolute Gasteiger partial charge is 0.272 e. The summed E-state index contributed by atoms with van der Waals surface area (Å²) in [5, 5.41) is 0.740. The Morgan fingerprint density at radius 2 is 1.83 bits per heavy atom. The van der Waals surface area contributed by atoms with Crippen molar-refractivity contribution in [2.75, 3.05) is 24.4 Å². The highest BCUT2D eigenvalue weighted by atomic mass is 32.2. The number of aromatic nitrogens is 1. The summed E-state index contributed by atoms with van der Waals surface area (Å²) in [6.45, 7) is 6.74. The summed E-state index contributed by atoms with van der Waals surface area (Å²) in [5.74, 6) is -1.97. The Bertz CT molecular complexity index is 1730. The van der Waals surface area contributed by atoms with Crippen molar-refractivity contribution in [3.05, 3.63) is 93.9 Å². The molecular weight excluding hydrogens is 565 g/mol. The lowest BCUT2D eigenvalue weighted by Crippen LogP contribution is -2.55. The zero-order chi connectivity index (χ0) is 30.6. The van der Waals surface area contributed by atoms with E-state index in [1.807, 2.05) is 11.8 Å². The van der Waals surface area contributed by atoms with E-state index in [2.05, 4.69) is 15.6 Å². The number of benzene rings is 2. The number of terminal acetylenes is 1. The summed E-state index contributed by atoms with van der Waals surface area (Å²) in [7, 11) is -4.14. The molecule has 220 valence electrons. The van der Waals surface area contributed by atoms with Gasteiger partial charge in [-0.15, -0.1) is 6.42 Å². The van der Waals surface area contributed by atoms with E-state index in [4.69, 9.17) is 6.42 Å². The van der Waals surface area contributed by atoms with Crippen molar-refractivity contribution in [2.45, 2.75) is 39.3 Å². The van der Waals surface area contributed by atoms with Crippen LogP contribution in [0.5, 0.6) is 0 Å². The highest BCUT2D eigenvalue weighted by Gasteiger charge is 2.32. The second-order valence-electron chi connectivity index (χ2n) is 9.92. The quantitative estimate of drug-likeness (QED) is 0.332.